The third-order valence-corrected chi connectivity index (χ3v) is 4.08. The third kappa shape index (κ3) is 4.17. The van der Waals surface area contributed by atoms with Crippen molar-refractivity contribution in [3.63, 3.8) is 0 Å². The minimum Gasteiger partial charge on any atom is -0.394 e. The van der Waals surface area contributed by atoms with Crippen LogP contribution in [-0.2, 0) is 4.74 Å². The predicted molar refractivity (Wildman–Crippen MR) is 73.0 cm³/mol. The SMILES string of the molecule is CC1COC(CO)CN1CCC(C)(C)C(N)=S. The molecule has 0 saturated carbocycles. The van der Waals surface area contributed by atoms with Crippen molar-refractivity contribution in [2.24, 2.45) is 11.1 Å². The van der Waals surface area contributed by atoms with E-state index in [1.807, 2.05) is 0 Å². The quantitative estimate of drug-likeness (QED) is 0.715. The number of hydrogen-bond donors (Lipinski definition) is 2. The van der Waals surface area contributed by atoms with Gasteiger partial charge in [0.05, 0.1) is 24.3 Å². The van der Waals surface area contributed by atoms with Gasteiger partial charge in [0, 0.05) is 18.0 Å². The first-order valence-electron chi connectivity index (χ1n) is 6.13. The smallest absolute Gasteiger partial charge is 0.0933 e. The Balaban J connectivity index is 2.47. The molecule has 0 spiro atoms. The molecule has 0 aliphatic carbocycles. The van der Waals surface area contributed by atoms with Gasteiger partial charge in [-0.05, 0) is 19.9 Å². The van der Waals surface area contributed by atoms with E-state index >= 15 is 0 Å². The maximum atomic E-state index is 9.12. The number of nitrogens with two attached hydrogens (primary N) is 1. The minimum absolute atomic E-state index is 0.0564. The molecule has 5 heteroatoms. The number of rotatable bonds is 5. The Morgan fingerprint density at radius 2 is 2.24 bits per heavy atom. The van der Waals surface area contributed by atoms with E-state index in [0.717, 1.165) is 19.5 Å². The highest BCUT2D eigenvalue weighted by atomic mass is 32.1. The summed E-state index contributed by atoms with van der Waals surface area (Å²) in [5.74, 6) is 0. The van der Waals surface area contributed by atoms with Crippen LogP contribution < -0.4 is 5.73 Å². The van der Waals surface area contributed by atoms with Gasteiger partial charge in [-0.25, -0.2) is 0 Å². The van der Waals surface area contributed by atoms with Crippen molar-refractivity contribution in [1.82, 2.24) is 4.90 Å². The average Bonchev–Trinajstić information content (AvgIpc) is 2.28. The Bertz CT molecular complexity index is 271. The number of morpholine rings is 1. The molecule has 0 bridgehead atoms. The molecule has 0 aromatic carbocycles. The van der Waals surface area contributed by atoms with Crippen molar-refractivity contribution in [3.05, 3.63) is 0 Å². The topological polar surface area (TPSA) is 58.7 Å². The monoisotopic (exact) mass is 260 g/mol. The highest BCUT2D eigenvalue weighted by molar-refractivity contribution is 7.80. The molecule has 0 amide bonds. The summed E-state index contributed by atoms with van der Waals surface area (Å²) in [6.07, 6.45) is 0.879. The molecule has 1 fully saturated rings. The number of nitrogens with zero attached hydrogens (tertiary/aromatic N) is 1. The lowest BCUT2D eigenvalue weighted by atomic mass is 9.89. The lowest BCUT2D eigenvalue weighted by Crippen LogP contribution is -2.50. The first-order chi connectivity index (χ1) is 7.86. The maximum Gasteiger partial charge on any atom is 0.0933 e. The van der Waals surface area contributed by atoms with E-state index in [0.29, 0.717) is 17.6 Å². The molecule has 1 rings (SSSR count). The van der Waals surface area contributed by atoms with E-state index in [2.05, 4.69) is 25.7 Å². The fraction of sp³-hybridized carbons (Fsp3) is 0.917. The molecule has 100 valence electrons. The van der Waals surface area contributed by atoms with E-state index in [1.54, 1.807) is 0 Å². The number of hydrogen-bond acceptors (Lipinski definition) is 4. The van der Waals surface area contributed by atoms with Crippen LogP contribution in [0.4, 0.5) is 0 Å². The van der Waals surface area contributed by atoms with Crippen molar-refractivity contribution in [2.75, 3.05) is 26.3 Å². The first kappa shape index (κ1) is 14.8. The number of ether oxygens (including phenoxy) is 1. The van der Waals surface area contributed by atoms with Crippen LogP contribution in [0.25, 0.3) is 0 Å². The first-order valence-corrected chi connectivity index (χ1v) is 6.54. The van der Waals surface area contributed by atoms with Crippen LogP contribution in [-0.4, -0.2) is 53.4 Å². The van der Waals surface area contributed by atoms with Gasteiger partial charge in [0.2, 0.25) is 0 Å². The van der Waals surface area contributed by atoms with Crippen LogP contribution in [0.15, 0.2) is 0 Å². The lowest BCUT2D eigenvalue weighted by molar-refractivity contribution is -0.0790. The molecular formula is C12H24N2O2S. The van der Waals surface area contributed by atoms with Crippen LogP contribution in [0, 0.1) is 5.41 Å². The molecule has 4 nitrogen and oxygen atoms in total. The van der Waals surface area contributed by atoms with E-state index in [4.69, 9.17) is 27.8 Å². The van der Waals surface area contributed by atoms with E-state index in [-0.39, 0.29) is 18.1 Å². The van der Waals surface area contributed by atoms with Crippen LogP contribution in [0.3, 0.4) is 0 Å². The molecular weight excluding hydrogens is 236 g/mol. The standard InChI is InChI=1S/C12H24N2O2S/c1-9-8-16-10(7-15)6-14(9)5-4-12(2,3)11(13)17/h9-10,15H,4-8H2,1-3H3,(H2,13,17). The molecule has 1 aliphatic heterocycles. The van der Waals surface area contributed by atoms with Crippen molar-refractivity contribution in [1.29, 1.82) is 0 Å². The lowest BCUT2D eigenvalue weighted by Gasteiger charge is -2.39. The summed E-state index contributed by atoms with van der Waals surface area (Å²) in [4.78, 5) is 2.90. The second-order valence-electron chi connectivity index (χ2n) is 5.48. The van der Waals surface area contributed by atoms with Gasteiger partial charge < -0.3 is 15.6 Å². The molecule has 1 aliphatic rings. The van der Waals surface area contributed by atoms with E-state index in [1.165, 1.54) is 0 Å². The zero-order valence-corrected chi connectivity index (χ0v) is 11.8. The van der Waals surface area contributed by atoms with Crippen LogP contribution in [0.5, 0.6) is 0 Å². The van der Waals surface area contributed by atoms with Gasteiger partial charge in [-0.3, -0.25) is 4.90 Å². The van der Waals surface area contributed by atoms with E-state index in [9.17, 15) is 0 Å². The van der Waals surface area contributed by atoms with Gasteiger partial charge in [0.15, 0.2) is 0 Å². The zero-order valence-electron chi connectivity index (χ0n) is 11.0. The fourth-order valence-electron chi connectivity index (χ4n) is 1.84. The van der Waals surface area contributed by atoms with Gasteiger partial charge in [-0.15, -0.1) is 0 Å². The third-order valence-electron chi connectivity index (χ3n) is 3.53. The van der Waals surface area contributed by atoms with Crippen LogP contribution in [0.2, 0.25) is 0 Å². The Morgan fingerprint density at radius 3 is 2.76 bits per heavy atom. The number of aliphatic hydroxyl groups excluding tert-OH is 1. The van der Waals surface area contributed by atoms with Crippen molar-refractivity contribution in [3.8, 4) is 0 Å². The highest BCUT2D eigenvalue weighted by Crippen LogP contribution is 2.22. The number of thiocarbonyl (C=S) groups is 1. The normalized spacial score (nSPS) is 27.1. The highest BCUT2D eigenvalue weighted by Gasteiger charge is 2.28. The summed E-state index contributed by atoms with van der Waals surface area (Å²) < 4.78 is 5.51. The molecule has 17 heavy (non-hydrogen) atoms. The largest absolute Gasteiger partial charge is 0.394 e. The Labute approximate surface area is 109 Å². The van der Waals surface area contributed by atoms with E-state index < -0.39 is 0 Å². The summed E-state index contributed by atoms with van der Waals surface area (Å²) in [7, 11) is 0. The Morgan fingerprint density at radius 1 is 1.59 bits per heavy atom. The molecule has 0 aromatic rings. The van der Waals surface area contributed by atoms with Crippen LogP contribution in [0.1, 0.15) is 27.2 Å². The molecule has 0 radical (unpaired) electrons. The maximum absolute atomic E-state index is 9.12. The van der Waals surface area contributed by atoms with Gasteiger partial charge in [-0.2, -0.15) is 0 Å². The minimum atomic E-state index is -0.109. The van der Waals surface area contributed by atoms with Gasteiger partial charge in [0.1, 0.15) is 0 Å². The predicted octanol–water partition coefficient (Wildman–Crippen LogP) is 0.770. The zero-order chi connectivity index (χ0) is 13.1. The summed E-state index contributed by atoms with van der Waals surface area (Å²) in [6, 6.07) is 0.389. The summed E-state index contributed by atoms with van der Waals surface area (Å²) in [5, 5.41) is 9.12. The van der Waals surface area contributed by atoms with Gasteiger partial charge >= 0.3 is 0 Å². The molecule has 0 aromatic heterocycles. The fourth-order valence-corrected chi connectivity index (χ4v) is 1.95. The summed E-state index contributed by atoms with van der Waals surface area (Å²) in [6.45, 7) is 8.77. The summed E-state index contributed by atoms with van der Waals surface area (Å²) in [5.41, 5.74) is 5.61. The Hall–Kier alpha value is -0.230. The molecule has 2 atom stereocenters. The second kappa shape index (κ2) is 6.09. The average molecular weight is 260 g/mol. The van der Waals surface area contributed by atoms with Gasteiger partial charge in [-0.1, -0.05) is 26.1 Å². The van der Waals surface area contributed by atoms with Crippen molar-refractivity contribution >= 4 is 17.2 Å². The Kier molecular flexibility index (Phi) is 5.31. The van der Waals surface area contributed by atoms with Crippen molar-refractivity contribution in [2.45, 2.75) is 39.3 Å². The van der Waals surface area contributed by atoms with Gasteiger partial charge in [0.25, 0.3) is 0 Å². The second-order valence-corrected chi connectivity index (χ2v) is 5.92. The molecule has 1 heterocycles. The molecule has 3 N–H and O–H groups in total. The molecule has 2 unspecified atom stereocenters. The van der Waals surface area contributed by atoms with Crippen LogP contribution >= 0.6 is 12.2 Å². The molecule has 1 saturated heterocycles. The summed E-state index contributed by atoms with van der Waals surface area (Å²) >= 11 is 5.07. The van der Waals surface area contributed by atoms with Crippen molar-refractivity contribution < 1.29 is 9.84 Å². The number of aliphatic hydroxyl groups is 1.